The Morgan fingerprint density at radius 1 is 0.349 bits per heavy atom. The van der Waals surface area contributed by atoms with Crippen LogP contribution in [0.3, 0.4) is 0 Å². The molecule has 5 nitrogen and oxygen atoms in total. The second kappa shape index (κ2) is 14.2. The Labute approximate surface area is 365 Å². The number of nitrogens with zero attached hydrogens (tertiary/aromatic N) is 4. The van der Waals surface area contributed by atoms with Crippen molar-refractivity contribution in [3.63, 3.8) is 0 Å². The maximum atomic E-state index is 6.56. The van der Waals surface area contributed by atoms with Gasteiger partial charge in [0.05, 0.1) is 11.0 Å². The molecule has 0 N–H and O–H groups in total. The fourth-order valence-electron chi connectivity index (χ4n) is 9.28. The first-order valence-electron chi connectivity index (χ1n) is 21.1. The lowest BCUT2D eigenvalue weighted by Gasteiger charge is -2.10. The molecular weight excluding hydrogens is 789 g/mol. The molecule has 0 saturated carbocycles. The van der Waals surface area contributed by atoms with Crippen LogP contribution >= 0.6 is 11.3 Å². The summed E-state index contributed by atoms with van der Waals surface area (Å²) in [4.78, 5) is 15.0. The van der Waals surface area contributed by atoms with Gasteiger partial charge in [-0.1, -0.05) is 140 Å². The molecular formula is C57H34N4OS. The van der Waals surface area contributed by atoms with Crippen LogP contribution in [0.4, 0.5) is 0 Å². The maximum absolute atomic E-state index is 6.56. The lowest BCUT2D eigenvalue weighted by molar-refractivity contribution is 0.669. The van der Waals surface area contributed by atoms with Crippen molar-refractivity contribution >= 4 is 75.3 Å². The third-order valence-corrected chi connectivity index (χ3v) is 13.4. The summed E-state index contributed by atoms with van der Waals surface area (Å²) in [5.41, 5.74) is 12.4. The van der Waals surface area contributed by atoms with Crippen LogP contribution in [0.25, 0.3) is 126 Å². The van der Waals surface area contributed by atoms with Crippen LogP contribution in [0.1, 0.15) is 0 Å². The smallest absolute Gasteiger partial charge is 0.164 e. The molecule has 4 heterocycles. The second-order valence-corrected chi connectivity index (χ2v) is 17.1. The Hall–Kier alpha value is -8.19. The third kappa shape index (κ3) is 5.87. The molecule has 0 unspecified atom stereocenters. The molecule has 9 aromatic carbocycles. The number of hydrogen-bond donors (Lipinski definition) is 0. The predicted molar refractivity (Wildman–Crippen MR) is 262 cm³/mol. The summed E-state index contributed by atoms with van der Waals surface area (Å²) in [6.07, 6.45) is 0. The van der Waals surface area contributed by atoms with Crippen molar-refractivity contribution in [1.29, 1.82) is 0 Å². The van der Waals surface area contributed by atoms with Gasteiger partial charge in [0.2, 0.25) is 0 Å². The van der Waals surface area contributed by atoms with E-state index in [-0.39, 0.29) is 0 Å². The largest absolute Gasteiger partial charge is 0.456 e. The number of rotatable bonds is 6. The molecule has 4 aromatic heterocycles. The molecule has 0 aliphatic rings. The second-order valence-electron chi connectivity index (χ2n) is 16.0. The van der Waals surface area contributed by atoms with Crippen molar-refractivity contribution in [3.8, 4) is 62.1 Å². The fourth-order valence-corrected chi connectivity index (χ4v) is 10.4. The highest BCUT2D eigenvalue weighted by Gasteiger charge is 2.19. The summed E-state index contributed by atoms with van der Waals surface area (Å²) >= 11 is 1.86. The average Bonchev–Trinajstić information content (AvgIpc) is 4.02. The number of hydrogen-bond acceptors (Lipinski definition) is 5. The van der Waals surface area contributed by atoms with E-state index in [0.717, 1.165) is 66.6 Å². The van der Waals surface area contributed by atoms with E-state index < -0.39 is 0 Å². The SMILES string of the molecule is c1ccc(-c2nc(-c3ccccc3)nc(-c3cccc(-c4cccc5oc6ccc(-c7ccc8c(c7)c7cc9c(cc7n8-c7ccccc7)sc7ccccc79)cc6c45)c3)n2)cc1. The summed E-state index contributed by atoms with van der Waals surface area (Å²) in [7, 11) is 0. The first kappa shape index (κ1) is 35.6. The van der Waals surface area contributed by atoms with Crippen molar-refractivity contribution in [2.75, 3.05) is 0 Å². The topological polar surface area (TPSA) is 56.7 Å². The molecule has 63 heavy (non-hydrogen) atoms. The zero-order valence-electron chi connectivity index (χ0n) is 33.7. The monoisotopic (exact) mass is 822 g/mol. The highest BCUT2D eigenvalue weighted by atomic mass is 32.1. The van der Waals surface area contributed by atoms with Crippen LogP contribution in [0, 0.1) is 0 Å². The lowest BCUT2D eigenvalue weighted by atomic mass is 9.96. The minimum absolute atomic E-state index is 0.619. The number of thiophene rings is 1. The molecule has 13 aromatic rings. The Balaban J connectivity index is 0.958. The zero-order chi connectivity index (χ0) is 41.4. The Morgan fingerprint density at radius 2 is 0.952 bits per heavy atom. The van der Waals surface area contributed by atoms with Gasteiger partial charge < -0.3 is 8.98 Å². The lowest BCUT2D eigenvalue weighted by Crippen LogP contribution is -2.00. The Bertz CT molecular complexity index is 3850. The van der Waals surface area contributed by atoms with Crippen LogP contribution in [-0.2, 0) is 0 Å². The molecule has 6 heteroatoms. The number of para-hydroxylation sites is 1. The van der Waals surface area contributed by atoms with Crippen LogP contribution in [0.2, 0.25) is 0 Å². The van der Waals surface area contributed by atoms with Crippen LogP contribution in [0.15, 0.2) is 211 Å². The molecule has 0 atom stereocenters. The van der Waals surface area contributed by atoms with Crippen LogP contribution in [-0.4, -0.2) is 19.5 Å². The van der Waals surface area contributed by atoms with Gasteiger partial charge in [0.15, 0.2) is 17.5 Å². The maximum Gasteiger partial charge on any atom is 0.164 e. The van der Waals surface area contributed by atoms with Crippen molar-refractivity contribution in [3.05, 3.63) is 206 Å². The standard InChI is InChI=1S/C57H34N4OS/c1-4-14-35(15-5-1)55-58-56(36-16-6-2-7-17-36)60-57(59-55)40-19-12-18-39(30-40)42-23-13-24-51-54(42)47-32-38(27-29-50(47)62-51)37-26-28-48-44(31-37)45-33-46-43-22-10-11-25-52(43)63-53(46)34-49(45)61(48)41-20-8-3-9-21-41/h1-34H. The van der Waals surface area contributed by atoms with E-state index >= 15 is 0 Å². The van der Waals surface area contributed by atoms with Crippen molar-refractivity contribution < 1.29 is 4.42 Å². The van der Waals surface area contributed by atoms with Gasteiger partial charge in [-0.3, -0.25) is 0 Å². The molecule has 0 aliphatic carbocycles. The normalized spacial score (nSPS) is 11.8. The molecule has 0 spiro atoms. The van der Waals surface area contributed by atoms with E-state index in [1.807, 2.05) is 72.0 Å². The molecule has 0 amide bonds. The summed E-state index contributed by atoms with van der Waals surface area (Å²) in [6.45, 7) is 0. The van der Waals surface area contributed by atoms with E-state index in [9.17, 15) is 0 Å². The quantitative estimate of drug-likeness (QED) is 0.168. The molecule has 0 aliphatic heterocycles. The van der Waals surface area contributed by atoms with Gasteiger partial charge >= 0.3 is 0 Å². The predicted octanol–water partition coefficient (Wildman–Crippen LogP) is 15.6. The molecule has 0 saturated heterocycles. The van der Waals surface area contributed by atoms with Gasteiger partial charge in [-0.05, 0) is 89.0 Å². The summed E-state index contributed by atoms with van der Waals surface area (Å²) in [5.74, 6) is 1.89. The number of fused-ring (bicyclic) bond motifs is 9. The van der Waals surface area contributed by atoms with E-state index in [1.165, 1.54) is 42.0 Å². The first-order chi connectivity index (χ1) is 31.2. The van der Waals surface area contributed by atoms with Gasteiger partial charge in [0.1, 0.15) is 11.2 Å². The van der Waals surface area contributed by atoms with E-state index in [2.05, 4.69) is 150 Å². The zero-order valence-corrected chi connectivity index (χ0v) is 34.6. The number of benzene rings is 9. The van der Waals surface area contributed by atoms with Gasteiger partial charge in [-0.2, -0.15) is 0 Å². The number of furan rings is 1. The summed E-state index contributed by atoms with van der Waals surface area (Å²) in [6, 6.07) is 72.7. The van der Waals surface area contributed by atoms with Gasteiger partial charge in [-0.25, -0.2) is 15.0 Å². The molecule has 0 bridgehead atoms. The fraction of sp³-hybridized carbons (Fsp3) is 0. The van der Waals surface area contributed by atoms with E-state index in [0.29, 0.717) is 17.5 Å². The van der Waals surface area contributed by atoms with E-state index in [1.54, 1.807) is 0 Å². The first-order valence-corrected chi connectivity index (χ1v) is 21.9. The summed E-state index contributed by atoms with van der Waals surface area (Å²) < 4.78 is 11.6. The van der Waals surface area contributed by atoms with Crippen LogP contribution < -0.4 is 0 Å². The molecule has 13 rings (SSSR count). The molecule has 0 radical (unpaired) electrons. The van der Waals surface area contributed by atoms with Crippen molar-refractivity contribution in [2.24, 2.45) is 0 Å². The van der Waals surface area contributed by atoms with Crippen molar-refractivity contribution in [2.45, 2.75) is 0 Å². The Morgan fingerprint density at radius 3 is 1.71 bits per heavy atom. The minimum Gasteiger partial charge on any atom is -0.456 e. The van der Waals surface area contributed by atoms with Gasteiger partial charge in [0, 0.05) is 64.1 Å². The molecule has 0 fully saturated rings. The third-order valence-electron chi connectivity index (χ3n) is 12.2. The van der Waals surface area contributed by atoms with Gasteiger partial charge in [0.25, 0.3) is 0 Å². The number of aromatic nitrogens is 4. The molecule has 294 valence electrons. The van der Waals surface area contributed by atoms with Crippen LogP contribution in [0.5, 0.6) is 0 Å². The van der Waals surface area contributed by atoms with Crippen molar-refractivity contribution in [1.82, 2.24) is 19.5 Å². The van der Waals surface area contributed by atoms with Gasteiger partial charge in [-0.15, -0.1) is 11.3 Å². The average molecular weight is 823 g/mol. The Kier molecular flexibility index (Phi) is 8.01. The summed E-state index contributed by atoms with van der Waals surface area (Å²) in [5, 5.41) is 7.21. The minimum atomic E-state index is 0.619. The highest BCUT2D eigenvalue weighted by Crippen LogP contribution is 2.43. The van der Waals surface area contributed by atoms with E-state index in [4.69, 9.17) is 19.4 Å². The highest BCUT2D eigenvalue weighted by molar-refractivity contribution is 7.25.